The van der Waals surface area contributed by atoms with E-state index < -0.39 is 17.0 Å². The van der Waals surface area contributed by atoms with E-state index in [1.165, 1.54) is 12.1 Å². The van der Waals surface area contributed by atoms with Crippen molar-refractivity contribution in [2.75, 3.05) is 5.32 Å². The molecule has 1 heterocycles. The summed E-state index contributed by atoms with van der Waals surface area (Å²) in [5, 5.41) is 2.75. The molecule has 19 heavy (non-hydrogen) atoms. The van der Waals surface area contributed by atoms with Crippen LogP contribution in [0.5, 0.6) is 0 Å². The monoisotopic (exact) mass is 263 g/mol. The molecule has 0 bridgehead atoms. The highest BCUT2D eigenvalue weighted by Gasteiger charge is 2.25. The van der Waals surface area contributed by atoms with E-state index in [2.05, 4.69) is 15.3 Å². The van der Waals surface area contributed by atoms with E-state index in [1.807, 2.05) is 0 Å². The fraction of sp³-hybridized carbons (Fsp3) is 0.286. The van der Waals surface area contributed by atoms with Crippen LogP contribution in [-0.2, 0) is 5.41 Å². The summed E-state index contributed by atoms with van der Waals surface area (Å²) in [6.07, 6.45) is 3.09. The molecule has 2 aromatic rings. The molecule has 0 saturated heterocycles. The van der Waals surface area contributed by atoms with E-state index in [4.69, 9.17) is 0 Å². The quantitative estimate of drug-likeness (QED) is 0.895. The van der Waals surface area contributed by atoms with Gasteiger partial charge < -0.3 is 5.32 Å². The molecule has 0 amide bonds. The van der Waals surface area contributed by atoms with Crippen LogP contribution < -0.4 is 5.32 Å². The summed E-state index contributed by atoms with van der Waals surface area (Å²) in [4.78, 5) is 7.89. The van der Waals surface area contributed by atoms with Gasteiger partial charge in [-0.05, 0) is 23.6 Å². The van der Waals surface area contributed by atoms with Crippen molar-refractivity contribution in [2.24, 2.45) is 0 Å². The van der Waals surface area contributed by atoms with Gasteiger partial charge in [0, 0.05) is 18.0 Å². The smallest absolute Gasteiger partial charge is 0.227 e. The maximum Gasteiger partial charge on any atom is 0.227 e. The summed E-state index contributed by atoms with van der Waals surface area (Å²) in [6.45, 7) is 5.28. The average molecular weight is 263 g/mol. The Balaban J connectivity index is 2.44. The Labute approximate surface area is 110 Å². The number of nitrogens with zero attached hydrogens (tertiary/aromatic N) is 2. The van der Waals surface area contributed by atoms with Crippen molar-refractivity contribution in [3.05, 3.63) is 47.8 Å². The Morgan fingerprint density at radius 1 is 1.05 bits per heavy atom. The molecule has 1 aromatic heterocycles. The molecule has 5 heteroatoms. The molecule has 0 fully saturated rings. The van der Waals surface area contributed by atoms with Crippen LogP contribution in [0, 0.1) is 11.6 Å². The minimum absolute atomic E-state index is 0.0495. The Bertz CT molecular complexity index is 577. The second kappa shape index (κ2) is 4.91. The predicted octanol–water partition coefficient (Wildman–Crippen LogP) is 3.80. The predicted molar refractivity (Wildman–Crippen MR) is 70.4 cm³/mol. The van der Waals surface area contributed by atoms with Crippen LogP contribution in [0.1, 0.15) is 26.3 Å². The summed E-state index contributed by atoms with van der Waals surface area (Å²) in [6, 6.07) is 4.25. The maximum absolute atomic E-state index is 14.4. The maximum atomic E-state index is 14.4. The normalized spacial score (nSPS) is 11.4. The van der Waals surface area contributed by atoms with Crippen LogP contribution in [0.3, 0.4) is 0 Å². The van der Waals surface area contributed by atoms with Crippen molar-refractivity contribution >= 4 is 11.6 Å². The first-order valence-corrected chi connectivity index (χ1v) is 5.92. The number of benzene rings is 1. The van der Waals surface area contributed by atoms with Gasteiger partial charge in [-0.3, -0.25) is 0 Å². The van der Waals surface area contributed by atoms with E-state index in [9.17, 15) is 8.78 Å². The molecule has 3 nitrogen and oxygen atoms in total. The standard InChI is InChI=1S/C14H15F2N3/c1-14(2,3)11-9(15)5-6-10(12(11)16)19-13-17-7-4-8-18-13/h4-8H,1-3H3,(H,17,18,19). The number of nitrogens with one attached hydrogen (secondary N) is 1. The van der Waals surface area contributed by atoms with Gasteiger partial charge in [0.2, 0.25) is 5.95 Å². The van der Waals surface area contributed by atoms with Gasteiger partial charge in [0.15, 0.2) is 5.82 Å². The lowest BCUT2D eigenvalue weighted by Gasteiger charge is -2.22. The molecule has 0 unspecified atom stereocenters. The van der Waals surface area contributed by atoms with Gasteiger partial charge in [-0.2, -0.15) is 0 Å². The topological polar surface area (TPSA) is 37.8 Å². The summed E-state index contributed by atoms with van der Waals surface area (Å²) in [5.41, 5.74) is -0.408. The lowest BCUT2D eigenvalue weighted by atomic mass is 9.86. The molecule has 2 rings (SSSR count). The fourth-order valence-electron chi connectivity index (χ4n) is 1.82. The molecule has 0 aliphatic heterocycles. The van der Waals surface area contributed by atoms with Crippen LogP contribution in [0.2, 0.25) is 0 Å². The van der Waals surface area contributed by atoms with E-state index in [1.54, 1.807) is 39.2 Å². The van der Waals surface area contributed by atoms with Crippen molar-refractivity contribution in [1.82, 2.24) is 9.97 Å². The first-order chi connectivity index (χ1) is 8.89. The highest BCUT2D eigenvalue weighted by atomic mass is 19.1. The molecular formula is C14H15F2N3. The molecule has 0 aliphatic rings. The summed E-state index contributed by atoms with van der Waals surface area (Å²) in [5.74, 6) is -0.891. The minimum atomic E-state index is -0.622. The number of rotatable bonds is 2. The number of aromatic nitrogens is 2. The molecule has 100 valence electrons. The number of halogens is 2. The Hall–Kier alpha value is -2.04. The molecule has 1 aromatic carbocycles. The average Bonchev–Trinajstić information content (AvgIpc) is 2.32. The summed E-state index contributed by atoms with van der Waals surface area (Å²) >= 11 is 0. The van der Waals surface area contributed by atoms with Gasteiger partial charge in [0.25, 0.3) is 0 Å². The summed E-state index contributed by atoms with van der Waals surface area (Å²) < 4.78 is 28.1. The van der Waals surface area contributed by atoms with Crippen LogP contribution in [-0.4, -0.2) is 9.97 Å². The first kappa shape index (κ1) is 13.4. The van der Waals surface area contributed by atoms with E-state index in [-0.39, 0.29) is 17.2 Å². The second-order valence-electron chi connectivity index (χ2n) is 5.23. The zero-order chi connectivity index (χ0) is 14.0. The van der Waals surface area contributed by atoms with Crippen molar-refractivity contribution in [2.45, 2.75) is 26.2 Å². The number of hydrogen-bond donors (Lipinski definition) is 1. The second-order valence-corrected chi connectivity index (χ2v) is 5.23. The van der Waals surface area contributed by atoms with Crippen LogP contribution in [0.15, 0.2) is 30.6 Å². The lowest BCUT2D eigenvalue weighted by molar-refractivity contribution is 0.477. The van der Waals surface area contributed by atoms with Gasteiger partial charge in [0.05, 0.1) is 5.69 Å². The SMILES string of the molecule is CC(C)(C)c1c(F)ccc(Nc2ncccn2)c1F. The third-order valence-electron chi connectivity index (χ3n) is 2.65. The van der Waals surface area contributed by atoms with Crippen molar-refractivity contribution in [3.63, 3.8) is 0 Å². The van der Waals surface area contributed by atoms with Crippen LogP contribution in [0.25, 0.3) is 0 Å². The van der Waals surface area contributed by atoms with Gasteiger partial charge in [0.1, 0.15) is 5.82 Å². The molecular weight excluding hydrogens is 248 g/mol. The molecule has 0 atom stereocenters. The third kappa shape index (κ3) is 2.86. The van der Waals surface area contributed by atoms with Gasteiger partial charge in [-0.25, -0.2) is 18.7 Å². The zero-order valence-corrected chi connectivity index (χ0v) is 11.0. The van der Waals surface area contributed by atoms with Gasteiger partial charge >= 0.3 is 0 Å². The molecule has 0 aliphatic carbocycles. The van der Waals surface area contributed by atoms with Gasteiger partial charge in [-0.1, -0.05) is 20.8 Å². The van der Waals surface area contributed by atoms with E-state index in [0.717, 1.165) is 0 Å². The first-order valence-electron chi connectivity index (χ1n) is 5.92. The Morgan fingerprint density at radius 3 is 2.26 bits per heavy atom. The Morgan fingerprint density at radius 2 is 1.68 bits per heavy atom. The molecule has 0 saturated carbocycles. The number of hydrogen-bond acceptors (Lipinski definition) is 3. The van der Waals surface area contributed by atoms with Crippen molar-refractivity contribution in [3.8, 4) is 0 Å². The summed E-state index contributed by atoms with van der Waals surface area (Å²) in [7, 11) is 0. The van der Waals surface area contributed by atoms with E-state index >= 15 is 0 Å². The largest absolute Gasteiger partial charge is 0.322 e. The Kier molecular flexibility index (Phi) is 3.46. The van der Waals surface area contributed by atoms with Crippen LogP contribution in [0.4, 0.5) is 20.4 Å². The molecule has 1 N–H and O–H groups in total. The fourth-order valence-corrected chi connectivity index (χ4v) is 1.82. The van der Waals surface area contributed by atoms with Crippen molar-refractivity contribution < 1.29 is 8.78 Å². The molecule has 0 spiro atoms. The van der Waals surface area contributed by atoms with Crippen LogP contribution >= 0.6 is 0 Å². The minimum Gasteiger partial charge on any atom is -0.322 e. The van der Waals surface area contributed by atoms with Gasteiger partial charge in [-0.15, -0.1) is 0 Å². The molecule has 0 radical (unpaired) electrons. The highest BCUT2D eigenvalue weighted by Crippen LogP contribution is 2.32. The van der Waals surface area contributed by atoms with E-state index in [0.29, 0.717) is 0 Å². The van der Waals surface area contributed by atoms with Crippen molar-refractivity contribution in [1.29, 1.82) is 0 Å². The zero-order valence-electron chi connectivity index (χ0n) is 11.0. The number of anilines is 2. The third-order valence-corrected chi connectivity index (χ3v) is 2.65. The highest BCUT2D eigenvalue weighted by molar-refractivity contribution is 5.56. The lowest BCUT2D eigenvalue weighted by Crippen LogP contribution is -2.17.